The quantitative estimate of drug-likeness (QED) is 0.878. The summed E-state index contributed by atoms with van der Waals surface area (Å²) in [5, 5.41) is 13.8. The average Bonchev–Trinajstić information content (AvgIpc) is 3.24. The highest BCUT2D eigenvalue weighted by molar-refractivity contribution is 5.92. The predicted octanol–water partition coefficient (Wildman–Crippen LogP) is 2.19. The Morgan fingerprint density at radius 1 is 1.32 bits per heavy atom. The van der Waals surface area contributed by atoms with Crippen molar-refractivity contribution in [3.63, 3.8) is 0 Å². The number of carbonyl (C=O) groups excluding carboxylic acids is 1. The predicted molar refractivity (Wildman–Crippen MR) is 82.3 cm³/mol. The first-order valence-electron chi connectivity index (χ1n) is 7.30. The average molecular weight is 298 g/mol. The van der Waals surface area contributed by atoms with Crippen LogP contribution in [0.15, 0.2) is 35.3 Å². The van der Waals surface area contributed by atoms with Gasteiger partial charge in [0.2, 0.25) is 0 Å². The molecule has 0 amide bonds. The minimum absolute atomic E-state index is 0.0176. The fourth-order valence-corrected chi connectivity index (χ4v) is 2.74. The van der Waals surface area contributed by atoms with Gasteiger partial charge in [0.05, 0.1) is 12.7 Å². The van der Waals surface area contributed by atoms with Crippen LogP contribution in [-0.2, 0) is 12.0 Å². The van der Waals surface area contributed by atoms with Crippen LogP contribution in [0.3, 0.4) is 0 Å². The summed E-state index contributed by atoms with van der Waals surface area (Å²) in [6.45, 7) is 3.87. The third kappa shape index (κ3) is 2.54. The SMILES string of the molecule is CC(=O)c1nn(CC2(c3ccc(C)cc3)CC2)cc(O)c1=O. The van der Waals surface area contributed by atoms with Crippen molar-refractivity contribution in [2.24, 2.45) is 0 Å². The Bertz CT molecular complexity index is 787. The van der Waals surface area contributed by atoms with Crippen molar-refractivity contribution in [2.45, 2.75) is 38.6 Å². The van der Waals surface area contributed by atoms with E-state index in [0.29, 0.717) is 6.54 Å². The number of carbonyl (C=O) groups is 1. The Morgan fingerprint density at radius 3 is 2.50 bits per heavy atom. The summed E-state index contributed by atoms with van der Waals surface area (Å²) in [5.41, 5.74) is 1.50. The van der Waals surface area contributed by atoms with Crippen LogP contribution < -0.4 is 5.43 Å². The molecule has 1 aliphatic carbocycles. The highest BCUT2D eigenvalue weighted by Gasteiger charge is 2.44. The Kier molecular flexibility index (Phi) is 3.35. The van der Waals surface area contributed by atoms with Gasteiger partial charge in [0.1, 0.15) is 0 Å². The molecule has 0 saturated heterocycles. The lowest BCUT2D eigenvalue weighted by molar-refractivity contribution is 0.100. The summed E-state index contributed by atoms with van der Waals surface area (Å²) in [6.07, 6.45) is 3.36. The number of aromatic hydroxyl groups is 1. The number of Topliss-reactive ketones (excluding diaryl/α,β-unsaturated/α-hetero) is 1. The van der Waals surface area contributed by atoms with Crippen LogP contribution in [-0.4, -0.2) is 20.7 Å². The van der Waals surface area contributed by atoms with Crippen molar-refractivity contribution in [3.8, 4) is 5.75 Å². The van der Waals surface area contributed by atoms with Crippen LogP contribution in [0.5, 0.6) is 5.75 Å². The monoisotopic (exact) mass is 298 g/mol. The Balaban J connectivity index is 1.95. The highest BCUT2D eigenvalue weighted by atomic mass is 16.3. The zero-order valence-electron chi connectivity index (χ0n) is 12.7. The molecule has 3 rings (SSSR count). The molecule has 1 aliphatic rings. The lowest BCUT2D eigenvalue weighted by atomic mass is 9.95. The first kappa shape index (κ1) is 14.5. The van der Waals surface area contributed by atoms with Crippen molar-refractivity contribution in [1.29, 1.82) is 0 Å². The van der Waals surface area contributed by atoms with Gasteiger partial charge in [0.15, 0.2) is 17.2 Å². The third-order valence-electron chi connectivity index (χ3n) is 4.26. The van der Waals surface area contributed by atoms with E-state index in [2.05, 4.69) is 29.4 Å². The first-order valence-corrected chi connectivity index (χ1v) is 7.30. The standard InChI is InChI=1S/C17H18N2O3/c1-11-3-5-13(6-4-11)17(7-8-17)10-19-9-14(21)16(22)15(18-19)12(2)20/h3-6,9,21H,7-8,10H2,1-2H3. The molecule has 0 bridgehead atoms. The number of benzene rings is 1. The number of rotatable bonds is 4. The molecule has 2 aromatic rings. The summed E-state index contributed by atoms with van der Waals surface area (Å²) in [4.78, 5) is 23.2. The smallest absolute Gasteiger partial charge is 0.252 e. The van der Waals surface area contributed by atoms with Crippen LogP contribution in [0.2, 0.25) is 0 Å². The maximum absolute atomic E-state index is 11.7. The number of aryl methyl sites for hydroxylation is 1. The summed E-state index contributed by atoms with van der Waals surface area (Å²) in [5.74, 6) is -0.866. The topological polar surface area (TPSA) is 72.2 Å². The minimum Gasteiger partial charge on any atom is -0.503 e. The van der Waals surface area contributed by atoms with E-state index in [9.17, 15) is 14.7 Å². The summed E-state index contributed by atoms with van der Waals surface area (Å²) in [7, 11) is 0. The molecule has 1 aromatic carbocycles. The number of ketones is 1. The normalized spacial score (nSPS) is 15.5. The van der Waals surface area contributed by atoms with Gasteiger partial charge in [-0.15, -0.1) is 0 Å². The zero-order chi connectivity index (χ0) is 15.9. The van der Waals surface area contributed by atoms with Crippen LogP contribution in [0.25, 0.3) is 0 Å². The van der Waals surface area contributed by atoms with Crippen molar-refractivity contribution >= 4 is 5.78 Å². The van der Waals surface area contributed by atoms with Gasteiger partial charge < -0.3 is 5.11 Å². The molecule has 1 saturated carbocycles. The molecule has 0 radical (unpaired) electrons. The lowest BCUT2D eigenvalue weighted by Gasteiger charge is -2.18. The van der Waals surface area contributed by atoms with Crippen LogP contribution in [0.1, 0.15) is 41.4 Å². The zero-order valence-corrected chi connectivity index (χ0v) is 12.7. The second-order valence-corrected chi connectivity index (χ2v) is 6.09. The molecule has 0 atom stereocenters. The van der Waals surface area contributed by atoms with E-state index in [1.54, 1.807) is 0 Å². The molecule has 1 aromatic heterocycles. The molecule has 1 fully saturated rings. The fraction of sp³-hybridized carbons (Fsp3) is 0.353. The molecule has 114 valence electrons. The van der Waals surface area contributed by atoms with E-state index >= 15 is 0 Å². The number of hydrogen-bond acceptors (Lipinski definition) is 4. The van der Waals surface area contributed by atoms with Gasteiger partial charge in [0.25, 0.3) is 5.43 Å². The van der Waals surface area contributed by atoms with E-state index in [-0.39, 0.29) is 11.1 Å². The molecule has 0 spiro atoms. The van der Waals surface area contributed by atoms with Crippen molar-refractivity contribution < 1.29 is 9.90 Å². The van der Waals surface area contributed by atoms with Gasteiger partial charge in [-0.3, -0.25) is 14.3 Å². The van der Waals surface area contributed by atoms with E-state index in [0.717, 1.165) is 12.8 Å². The van der Waals surface area contributed by atoms with Gasteiger partial charge in [-0.05, 0) is 25.3 Å². The van der Waals surface area contributed by atoms with E-state index in [1.165, 1.54) is 28.9 Å². The van der Waals surface area contributed by atoms with Crippen LogP contribution in [0.4, 0.5) is 0 Å². The lowest BCUT2D eigenvalue weighted by Crippen LogP contribution is -2.24. The Hall–Kier alpha value is -2.43. The second kappa shape index (κ2) is 5.09. The maximum Gasteiger partial charge on any atom is 0.252 e. The molecular formula is C17H18N2O3. The first-order chi connectivity index (χ1) is 10.4. The Morgan fingerprint density at radius 2 is 1.95 bits per heavy atom. The van der Waals surface area contributed by atoms with Crippen LogP contribution in [0, 0.1) is 6.92 Å². The summed E-state index contributed by atoms with van der Waals surface area (Å²) in [6, 6.07) is 8.37. The van der Waals surface area contributed by atoms with E-state index < -0.39 is 17.0 Å². The molecule has 22 heavy (non-hydrogen) atoms. The number of nitrogens with zero attached hydrogens (tertiary/aromatic N) is 2. The Labute approximate surface area is 128 Å². The van der Waals surface area contributed by atoms with Crippen molar-refractivity contribution in [1.82, 2.24) is 9.78 Å². The molecule has 0 aliphatic heterocycles. The number of hydrogen-bond donors (Lipinski definition) is 1. The van der Waals surface area contributed by atoms with Gasteiger partial charge in [0, 0.05) is 12.3 Å². The third-order valence-corrected chi connectivity index (χ3v) is 4.26. The maximum atomic E-state index is 11.7. The summed E-state index contributed by atoms with van der Waals surface area (Å²) >= 11 is 0. The fourth-order valence-electron chi connectivity index (χ4n) is 2.74. The van der Waals surface area contributed by atoms with Gasteiger partial charge in [-0.25, -0.2) is 0 Å². The van der Waals surface area contributed by atoms with Gasteiger partial charge >= 0.3 is 0 Å². The molecule has 0 unspecified atom stereocenters. The number of aromatic nitrogens is 2. The molecule has 5 heteroatoms. The van der Waals surface area contributed by atoms with Gasteiger partial charge in [-0.1, -0.05) is 29.8 Å². The summed E-state index contributed by atoms with van der Waals surface area (Å²) < 4.78 is 1.51. The van der Waals surface area contributed by atoms with Crippen molar-refractivity contribution in [3.05, 3.63) is 57.5 Å². The van der Waals surface area contributed by atoms with E-state index in [4.69, 9.17) is 0 Å². The highest BCUT2D eigenvalue weighted by Crippen LogP contribution is 2.49. The van der Waals surface area contributed by atoms with E-state index in [1.807, 2.05) is 6.92 Å². The van der Waals surface area contributed by atoms with Crippen LogP contribution >= 0.6 is 0 Å². The largest absolute Gasteiger partial charge is 0.503 e. The minimum atomic E-state index is -0.705. The molecule has 5 nitrogen and oxygen atoms in total. The molecular weight excluding hydrogens is 280 g/mol. The second-order valence-electron chi connectivity index (χ2n) is 6.09. The van der Waals surface area contributed by atoms with Crippen molar-refractivity contribution in [2.75, 3.05) is 0 Å². The molecule has 1 N–H and O–H groups in total. The van der Waals surface area contributed by atoms with Gasteiger partial charge in [-0.2, -0.15) is 5.10 Å². The molecule has 1 heterocycles.